The molecule has 2 heterocycles. The Labute approximate surface area is 185 Å². The number of sulfone groups is 1. The van der Waals surface area contributed by atoms with Gasteiger partial charge in [-0.25, -0.2) is 13.2 Å². The molecule has 11 heteroatoms. The van der Waals surface area contributed by atoms with Crippen LogP contribution in [0.1, 0.15) is 29.3 Å². The predicted octanol–water partition coefficient (Wildman–Crippen LogP) is 2.42. The lowest BCUT2D eigenvalue weighted by Gasteiger charge is -2.12. The van der Waals surface area contributed by atoms with Crippen LogP contribution in [0.4, 0.5) is 10.5 Å². The first-order chi connectivity index (χ1) is 14.7. The third-order valence-electron chi connectivity index (χ3n) is 5.09. The molecular weight excluding hydrogens is 438 g/mol. The molecule has 3 amide bonds. The summed E-state index contributed by atoms with van der Waals surface area (Å²) in [5.41, 5.74) is 2.60. The minimum Gasteiger partial charge on any atom is -0.307 e. The van der Waals surface area contributed by atoms with Crippen LogP contribution >= 0.6 is 11.8 Å². The number of amides is 3. The zero-order valence-corrected chi connectivity index (χ0v) is 19.1. The summed E-state index contributed by atoms with van der Waals surface area (Å²) in [7, 11) is -3.06. The summed E-state index contributed by atoms with van der Waals surface area (Å²) in [5.74, 6) is 0.0233. The summed E-state index contributed by atoms with van der Waals surface area (Å²) >= 11 is 1.13. The standard InChI is InChI=1S/C20H25N5O4S2/c1-4-9-25-18(15-8-10-31(28,29)12-15)23-24-20(25)30-11-17(26)22-19(27)21-16-7-5-6-13(2)14(16)3/h4-7,15H,1,8-12H2,2-3H3,(H2,21,22,26,27). The largest absolute Gasteiger partial charge is 0.325 e. The number of anilines is 1. The molecule has 0 aliphatic carbocycles. The highest BCUT2D eigenvalue weighted by Crippen LogP contribution is 2.30. The Bertz CT molecular complexity index is 1110. The second-order valence-electron chi connectivity index (χ2n) is 7.38. The molecule has 1 aliphatic heterocycles. The number of imide groups is 1. The Morgan fingerprint density at radius 2 is 2.10 bits per heavy atom. The van der Waals surface area contributed by atoms with Crippen LogP contribution in [0.5, 0.6) is 0 Å². The number of carbonyl (C=O) groups excluding carboxylic acids is 2. The number of thioether (sulfide) groups is 1. The van der Waals surface area contributed by atoms with Crippen molar-refractivity contribution in [2.24, 2.45) is 0 Å². The van der Waals surface area contributed by atoms with Crippen molar-refractivity contribution in [1.29, 1.82) is 0 Å². The summed E-state index contributed by atoms with van der Waals surface area (Å²) in [4.78, 5) is 24.4. The first-order valence-corrected chi connectivity index (χ1v) is 12.5. The van der Waals surface area contributed by atoms with Crippen molar-refractivity contribution >= 4 is 39.2 Å². The van der Waals surface area contributed by atoms with E-state index in [1.807, 2.05) is 26.0 Å². The van der Waals surface area contributed by atoms with Gasteiger partial charge in [-0.1, -0.05) is 30.0 Å². The number of hydrogen-bond donors (Lipinski definition) is 2. The Morgan fingerprint density at radius 1 is 1.32 bits per heavy atom. The number of aryl methyl sites for hydroxylation is 1. The Balaban J connectivity index is 1.60. The van der Waals surface area contributed by atoms with Crippen LogP contribution in [0.2, 0.25) is 0 Å². The average Bonchev–Trinajstić information content (AvgIpc) is 3.26. The molecule has 2 N–H and O–H groups in total. The minimum atomic E-state index is -3.06. The van der Waals surface area contributed by atoms with Crippen LogP contribution in [0.25, 0.3) is 0 Å². The van der Waals surface area contributed by atoms with E-state index in [0.29, 0.717) is 29.6 Å². The van der Waals surface area contributed by atoms with Gasteiger partial charge in [0.2, 0.25) is 5.91 Å². The van der Waals surface area contributed by atoms with E-state index in [1.165, 1.54) is 0 Å². The molecule has 1 aromatic carbocycles. The zero-order chi connectivity index (χ0) is 22.6. The molecule has 2 aromatic rings. The van der Waals surface area contributed by atoms with Gasteiger partial charge < -0.3 is 9.88 Å². The van der Waals surface area contributed by atoms with E-state index in [9.17, 15) is 18.0 Å². The summed E-state index contributed by atoms with van der Waals surface area (Å²) in [6, 6.07) is 4.93. The van der Waals surface area contributed by atoms with E-state index in [0.717, 1.165) is 22.9 Å². The molecule has 31 heavy (non-hydrogen) atoms. The normalized spacial score (nSPS) is 17.3. The maximum absolute atomic E-state index is 12.2. The number of nitrogens with zero attached hydrogens (tertiary/aromatic N) is 3. The Hall–Kier alpha value is -2.66. The van der Waals surface area contributed by atoms with Gasteiger partial charge in [-0.15, -0.1) is 16.8 Å². The van der Waals surface area contributed by atoms with Crippen LogP contribution in [0.15, 0.2) is 36.0 Å². The highest BCUT2D eigenvalue weighted by molar-refractivity contribution is 7.99. The molecule has 1 aliphatic rings. The zero-order valence-electron chi connectivity index (χ0n) is 17.4. The molecule has 9 nitrogen and oxygen atoms in total. The summed E-state index contributed by atoms with van der Waals surface area (Å²) in [5, 5.41) is 13.7. The second kappa shape index (κ2) is 9.65. The molecule has 0 spiro atoms. The fourth-order valence-corrected chi connectivity index (χ4v) is 5.83. The fraction of sp³-hybridized carbons (Fsp3) is 0.400. The van der Waals surface area contributed by atoms with E-state index >= 15 is 0 Å². The lowest BCUT2D eigenvalue weighted by atomic mass is 10.1. The van der Waals surface area contributed by atoms with Crippen molar-refractivity contribution in [3.05, 3.63) is 47.8 Å². The predicted molar refractivity (Wildman–Crippen MR) is 120 cm³/mol. The highest BCUT2D eigenvalue weighted by atomic mass is 32.2. The Morgan fingerprint density at radius 3 is 2.77 bits per heavy atom. The van der Waals surface area contributed by atoms with Gasteiger partial charge in [-0.3, -0.25) is 10.1 Å². The van der Waals surface area contributed by atoms with Gasteiger partial charge in [-0.2, -0.15) is 0 Å². The van der Waals surface area contributed by atoms with Gasteiger partial charge in [0.15, 0.2) is 15.0 Å². The van der Waals surface area contributed by atoms with E-state index in [1.54, 1.807) is 16.7 Å². The molecular formula is C20H25N5O4S2. The van der Waals surface area contributed by atoms with Crippen molar-refractivity contribution in [2.75, 3.05) is 22.6 Å². The molecule has 1 aromatic heterocycles. The van der Waals surface area contributed by atoms with Crippen molar-refractivity contribution in [1.82, 2.24) is 20.1 Å². The number of hydrogen-bond acceptors (Lipinski definition) is 7. The smallest absolute Gasteiger partial charge is 0.307 e. The van der Waals surface area contributed by atoms with E-state index in [2.05, 4.69) is 27.4 Å². The van der Waals surface area contributed by atoms with Crippen LogP contribution in [0.3, 0.4) is 0 Å². The van der Waals surface area contributed by atoms with Gasteiger partial charge in [0.05, 0.1) is 17.3 Å². The van der Waals surface area contributed by atoms with E-state index < -0.39 is 21.8 Å². The van der Waals surface area contributed by atoms with E-state index in [4.69, 9.17) is 0 Å². The molecule has 0 radical (unpaired) electrons. The number of benzene rings is 1. The molecule has 3 rings (SSSR count). The first kappa shape index (κ1) is 23.0. The molecule has 1 fully saturated rings. The highest BCUT2D eigenvalue weighted by Gasteiger charge is 2.33. The van der Waals surface area contributed by atoms with E-state index in [-0.39, 0.29) is 23.2 Å². The number of nitrogens with one attached hydrogen (secondary N) is 2. The monoisotopic (exact) mass is 463 g/mol. The third-order valence-corrected chi connectivity index (χ3v) is 7.83. The average molecular weight is 464 g/mol. The van der Waals surface area contributed by atoms with Crippen molar-refractivity contribution < 1.29 is 18.0 Å². The second-order valence-corrected chi connectivity index (χ2v) is 10.5. The fourth-order valence-electron chi connectivity index (χ4n) is 3.34. The van der Waals surface area contributed by atoms with Gasteiger partial charge in [0.1, 0.15) is 5.82 Å². The molecule has 1 unspecified atom stereocenters. The summed E-state index contributed by atoms with van der Waals surface area (Å²) in [6.45, 7) is 7.95. The quantitative estimate of drug-likeness (QED) is 0.477. The number of carbonyl (C=O) groups is 2. The van der Waals surface area contributed by atoms with Crippen LogP contribution < -0.4 is 10.6 Å². The van der Waals surface area contributed by atoms with Crippen LogP contribution in [-0.4, -0.2) is 52.4 Å². The number of urea groups is 1. The van der Waals surface area contributed by atoms with Gasteiger partial charge >= 0.3 is 6.03 Å². The molecule has 0 bridgehead atoms. The maximum Gasteiger partial charge on any atom is 0.325 e. The molecule has 166 valence electrons. The Kier molecular flexibility index (Phi) is 7.16. The lowest BCUT2D eigenvalue weighted by Crippen LogP contribution is -2.35. The number of aromatic nitrogens is 3. The molecule has 1 atom stereocenters. The van der Waals surface area contributed by atoms with Crippen molar-refractivity contribution in [3.8, 4) is 0 Å². The number of rotatable bonds is 7. The van der Waals surface area contributed by atoms with Gasteiger partial charge in [0.25, 0.3) is 0 Å². The van der Waals surface area contributed by atoms with Crippen molar-refractivity contribution in [2.45, 2.75) is 37.9 Å². The topological polar surface area (TPSA) is 123 Å². The summed E-state index contributed by atoms with van der Waals surface area (Å²) in [6.07, 6.45) is 2.17. The maximum atomic E-state index is 12.2. The number of allylic oxidation sites excluding steroid dienone is 1. The van der Waals surface area contributed by atoms with Crippen LogP contribution in [0, 0.1) is 13.8 Å². The third kappa shape index (κ3) is 5.73. The lowest BCUT2D eigenvalue weighted by molar-refractivity contribution is -0.117. The molecule has 0 saturated carbocycles. The molecule has 1 saturated heterocycles. The van der Waals surface area contributed by atoms with Crippen LogP contribution in [-0.2, 0) is 21.2 Å². The minimum absolute atomic E-state index is 0.0432. The summed E-state index contributed by atoms with van der Waals surface area (Å²) < 4.78 is 25.4. The van der Waals surface area contributed by atoms with Gasteiger partial charge in [-0.05, 0) is 37.5 Å². The SMILES string of the molecule is C=CCn1c(SCC(=O)NC(=O)Nc2cccc(C)c2C)nnc1C1CCS(=O)(=O)C1. The first-order valence-electron chi connectivity index (χ1n) is 9.74. The van der Waals surface area contributed by atoms with Crippen molar-refractivity contribution in [3.63, 3.8) is 0 Å². The van der Waals surface area contributed by atoms with Gasteiger partial charge in [0, 0.05) is 18.2 Å².